The van der Waals surface area contributed by atoms with E-state index in [1.807, 2.05) is 30.3 Å². The molecule has 1 saturated heterocycles. The smallest absolute Gasteiger partial charge is 0.238 e. The zero-order chi connectivity index (χ0) is 19.4. The summed E-state index contributed by atoms with van der Waals surface area (Å²) in [5, 5.41) is 14.4. The highest BCUT2D eigenvalue weighted by atomic mass is 35.5. The molecule has 1 amide bonds. The van der Waals surface area contributed by atoms with Crippen molar-refractivity contribution in [3.05, 3.63) is 63.1 Å². The first-order chi connectivity index (χ1) is 12.9. The summed E-state index contributed by atoms with van der Waals surface area (Å²) in [5.74, 6) is 0.0232. The van der Waals surface area contributed by atoms with E-state index in [2.05, 4.69) is 10.2 Å². The van der Waals surface area contributed by atoms with E-state index in [1.165, 1.54) is 0 Å². The van der Waals surface area contributed by atoms with Crippen LogP contribution in [0.15, 0.2) is 42.5 Å². The number of hydrogen-bond donors (Lipinski definition) is 2. The van der Waals surface area contributed by atoms with Gasteiger partial charge in [0.2, 0.25) is 5.91 Å². The molecule has 2 aromatic carbocycles. The van der Waals surface area contributed by atoms with E-state index in [-0.39, 0.29) is 18.4 Å². The maximum absolute atomic E-state index is 12.4. The third-order valence-corrected chi connectivity index (χ3v) is 5.67. The minimum Gasteiger partial charge on any atom is -0.388 e. The quantitative estimate of drug-likeness (QED) is 0.703. The van der Waals surface area contributed by atoms with Crippen molar-refractivity contribution in [1.29, 1.82) is 0 Å². The second kappa shape index (κ2) is 9.26. The van der Waals surface area contributed by atoms with Crippen LogP contribution in [0.5, 0.6) is 0 Å². The van der Waals surface area contributed by atoms with Gasteiger partial charge in [0.25, 0.3) is 0 Å². The summed E-state index contributed by atoms with van der Waals surface area (Å²) in [5.41, 5.74) is 1.32. The molecule has 2 N–H and O–H groups in total. The zero-order valence-corrected chi connectivity index (χ0v) is 16.9. The Morgan fingerprint density at radius 1 is 1.11 bits per heavy atom. The van der Waals surface area contributed by atoms with E-state index in [0.717, 1.165) is 31.5 Å². The number of piperidine rings is 1. The number of carbonyl (C=O) groups is 1. The fraction of sp³-hybridized carbons (Fsp3) is 0.350. The molecule has 1 aliphatic rings. The Bertz CT molecular complexity index is 770. The summed E-state index contributed by atoms with van der Waals surface area (Å²) in [4.78, 5) is 14.4. The molecule has 1 heterocycles. The Kier molecular flexibility index (Phi) is 7.01. The third kappa shape index (κ3) is 5.37. The summed E-state index contributed by atoms with van der Waals surface area (Å²) in [6.45, 7) is 1.76. The van der Waals surface area contributed by atoms with Gasteiger partial charge in [0, 0.05) is 5.02 Å². The van der Waals surface area contributed by atoms with Gasteiger partial charge in [0.1, 0.15) is 0 Å². The molecular formula is C20H21Cl3N2O2. The van der Waals surface area contributed by atoms with E-state index < -0.39 is 6.10 Å². The fourth-order valence-electron chi connectivity index (χ4n) is 3.39. The van der Waals surface area contributed by atoms with E-state index in [1.54, 1.807) is 12.1 Å². The van der Waals surface area contributed by atoms with Crippen LogP contribution in [0, 0.1) is 5.92 Å². The van der Waals surface area contributed by atoms with Gasteiger partial charge in [-0.15, -0.1) is 0 Å². The summed E-state index contributed by atoms with van der Waals surface area (Å²) in [6, 6.07) is 12.8. The first kappa shape index (κ1) is 20.4. The molecule has 1 aliphatic heterocycles. The van der Waals surface area contributed by atoms with Gasteiger partial charge in [-0.05, 0) is 49.5 Å². The number of nitrogens with one attached hydrogen (secondary N) is 1. The normalized spacial score (nSPS) is 16.9. The lowest BCUT2D eigenvalue weighted by Crippen LogP contribution is -2.40. The second-order valence-corrected chi connectivity index (χ2v) is 8.01. The Balaban J connectivity index is 1.51. The van der Waals surface area contributed by atoms with Crippen molar-refractivity contribution in [1.82, 2.24) is 4.90 Å². The van der Waals surface area contributed by atoms with Crippen molar-refractivity contribution in [3.8, 4) is 0 Å². The average molecular weight is 428 g/mol. The number of benzene rings is 2. The standard InChI is InChI=1S/C20H21Cl3N2O2/c21-15-10-16(22)19(17(23)11-15)24-18(26)12-25-8-6-14(7-9-25)20(27)13-4-2-1-3-5-13/h1-5,10-11,14,20,27H,6-9,12H2,(H,24,26). The minimum absolute atomic E-state index is 0.178. The Labute approximate surface area is 174 Å². The van der Waals surface area contributed by atoms with Gasteiger partial charge in [-0.25, -0.2) is 0 Å². The Hall–Kier alpha value is -1.30. The van der Waals surface area contributed by atoms with Crippen LogP contribution < -0.4 is 5.32 Å². The molecule has 4 nitrogen and oxygen atoms in total. The van der Waals surface area contributed by atoms with E-state index >= 15 is 0 Å². The lowest BCUT2D eigenvalue weighted by atomic mass is 9.87. The molecule has 0 spiro atoms. The molecule has 2 aromatic rings. The van der Waals surface area contributed by atoms with Gasteiger partial charge in [-0.1, -0.05) is 65.1 Å². The number of nitrogens with zero attached hydrogens (tertiary/aromatic N) is 1. The molecular weight excluding hydrogens is 407 g/mol. The monoisotopic (exact) mass is 426 g/mol. The van der Waals surface area contributed by atoms with Gasteiger partial charge < -0.3 is 10.4 Å². The van der Waals surface area contributed by atoms with Crippen molar-refractivity contribution in [2.75, 3.05) is 25.0 Å². The highest BCUT2D eigenvalue weighted by Gasteiger charge is 2.27. The lowest BCUT2D eigenvalue weighted by Gasteiger charge is -2.34. The van der Waals surface area contributed by atoms with Crippen molar-refractivity contribution < 1.29 is 9.90 Å². The van der Waals surface area contributed by atoms with E-state index in [4.69, 9.17) is 34.8 Å². The minimum atomic E-state index is -0.464. The van der Waals surface area contributed by atoms with Crippen LogP contribution in [0.4, 0.5) is 5.69 Å². The largest absolute Gasteiger partial charge is 0.388 e. The number of aliphatic hydroxyl groups excluding tert-OH is 1. The highest BCUT2D eigenvalue weighted by molar-refractivity contribution is 6.42. The zero-order valence-electron chi connectivity index (χ0n) is 14.7. The van der Waals surface area contributed by atoms with Crippen molar-refractivity contribution in [2.24, 2.45) is 5.92 Å². The van der Waals surface area contributed by atoms with Crippen LogP contribution in [0.25, 0.3) is 0 Å². The number of carbonyl (C=O) groups excluding carboxylic acids is 1. The van der Waals surface area contributed by atoms with Crippen LogP contribution in [0.2, 0.25) is 15.1 Å². The topological polar surface area (TPSA) is 52.6 Å². The van der Waals surface area contributed by atoms with Crippen LogP contribution in [0.3, 0.4) is 0 Å². The molecule has 0 aromatic heterocycles. The van der Waals surface area contributed by atoms with E-state index in [9.17, 15) is 9.90 Å². The maximum atomic E-state index is 12.4. The molecule has 0 saturated carbocycles. The van der Waals surface area contributed by atoms with Crippen molar-refractivity contribution >= 4 is 46.4 Å². The molecule has 27 heavy (non-hydrogen) atoms. The summed E-state index contributed by atoms with van der Waals surface area (Å²) in [6.07, 6.45) is 1.21. The first-order valence-corrected chi connectivity index (χ1v) is 9.97. The maximum Gasteiger partial charge on any atom is 0.238 e. The molecule has 7 heteroatoms. The van der Waals surface area contributed by atoms with Gasteiger partial charge in [0.15, 0.2) is 0 Å². The predicted octanol–water partition coefficient (Wildman–Crippen LogP) is 5.03. The summed E-state index contributed by atoms with van der Waals surface area (Å²) in [7, 11) is 0. The molecule has 3 rings (SSSR count). The lowest BCUT2D eigenvalue weighted by molar-refractivity contribution is -0.117. The van der Waals surface area contributed by atoms with Crippen LogP contribution >= 0.6 is 34.8 Å². The summed E-state index contributed by atoms with van der Waals surface area (Å²) < 4.78 is 0. The number of anilines is 1. The highest BCUT2D eigenvalue weighted by Crippen LogP contribution is 2.34. The Morgan fingerprint density at radius 3 is 2.30 bits per heavy atom. The number of amides is 1. The first-order valence-electron chi connectivity index (χ1n) is 8.84. The number of hydrogen-bond acceptors (Lipinski definition) is 3. The van der Waals surface area contributed by atoms with Crippen molar-refractivity contribution in [3.63, 3.8) is 0 Å². The predicted molar refractivity (Wildman–Crippen MR) is 111 cm³/mol. The van der Waals surface area contributed by atoms with E-state index in [0.29, 0.717) is 20.8 Å². The number of aliphatic hydroxyl groups is 1. The second-order valence-electron chi connectivity index (χ2n) is 6.76. The molecule has 1 fully saturated rings. The van der Waals surface area contributed by atoms with Crippen LogP contribution in [-0.4, -0.2) is 35.5 Å². The van der Waals surface area contributed by atoms with Gasteiger partial charge in [0.05, 0.1) is 28.4 Å². The number of likely N-dealkylation sites (tertiary alicyclic amines) is 1. The summed E-state index contributed by atoms with van der Waals surface area (Å²) >= 11 is 18.1. The third-order valence-electron chi connectivity index (χ3n) is 4.86. The van der Waals surface area contributed by atoms with Crippen LogP contribution in [-0.2, 0) is 4.79 Å². The Morgan fingerprint density at radius 2 is 1.70 bits per heavy atom. The average Bonchev–Trinajstić information content (AvgIpc) is 2.65. The molecule has 0 bridgehead atoms. The number of rotatable bonds is 5. The van der Waals surface area contributed by atoms with Gasteiger partial charge >= 0.3 is 0 Å². The van der Waals surface area contributed by atoms with Gasteiger partial charge in [-0.3, -0.25) is 9.69 Å². The van der Waals surface area contributed by atoms with Gasteiger partial charge in [-0.2, -0.15) is 0 Å². The van der Waals surface area contributed by atoms with Crippen LogP contribution in [0.1, 0.15) is 24.5 Å². The van der Waals surface area contributed by atoms with Crippen molar-refractivity contribution in [2.45, 2.75) is 18.9 Å². The molecule has 0 aliphatic carbocycles. The molecule has 1 unspecified atom stereocenters. The number of halogens is 3. The SMILES string of the molecule is O=C(CN1CCC(C(O)c2ccccc2)CC1)Nc1c(Cl)cc(Cl)cc1Cl. The fourth-order valence-corrected chi connectivity index (χ4v) is 4.30. The molecule has 144 valence electrons. The molecule has 1 atom stereocenters. The molecule has 0 radical (unpaired) electrons.